The van der Waals surface area contributed by atoms with E-state index in [4.69, 9.17) is 14.2 Å². The van der Waals surface area contributed by atoms with E-state index in [0.29, 0.717) is 36.9 Å². The van der Waals surface area contributed by atoms with Gasteiger partial charge in [-0.1, -0.05) is 36.4 Å². The summed E-state index contributed by atoms with van der Waals surface area (Å²) in [6.45, 7) is 1.69. The summed E-state index contributed by atoms with van der Waals surface area (Å²) in [5.74, 6) is 1.75. The van der Waals surface area contributed by atoms with Crippen molar-refractivity contribution in [2.24, 2.45) is 0 Å². The number of halogens is 1. The van der Waals surface area contributed by atoms with Crippen LogP contribution in [0.25, 0.3) is 0 Å². The number of hydrogen-bond acceptors (Lipinski definition) is 5. The van der Waals surface area contributed by atoms with Crippen molar-refractivity contribution < 1.29 is 23.7 Å². The van der Waals surface area contributed by atoms with Crippen molar-refractivity contribution in [1.29, 1.82) is 0 Å². The van der Waals surface area contributed by atoms with Crippen LogP contribution >= 0.6 is 0 Å². The molecule has 0 aromatic heterocycles. The van der Waals surface area contributed by atoms with Gasteiger partial charge in [-0.05, 0) is 47.5 Å². The number of para-hydroxylation sites is 1. The van der Waals surface area contributed by atoms with Gasteiger partial charge in [0.15, 0.2) is 11.5 Å². The van der Waals surface area contributed by atoms with E-state index in [0.717, 1.165) is 11.1 Å². The summed E-state index contributed by atoms with van der Waals surface area (Å²) in [5, 5.41) is 10.6. The number of methoxy groups -OCH3 is 2. The van der Waals surface area contributed by atoms with Gasteiger partial charge >= 0.3 is 0 Å². The average molecular weight is 426 g/mol. The van der Waals surface area contributed by atoms with E-state index in [-0.39, 0.29) is 12.4 Å². The lowest BCUT2D eigenvalue weighted by Crippen LogP contribution is -2.35. The van der Waals surface area contributed by atoms with E-state index in [1.807, 2.05) is 48.5 Å². The highest BCUT2D eigenvalue weighted by Gasteiger charge is 2.15. The molecule has 3 aromatic rings. The molecule has 0 aliphatic rings. The molecule has 164 valence electrons. The van der Waals surface area contributed by atoms with E-state index in [1.54, 1.807) is 26.4 Å². The molecular weight excluding hydrogens is 397 g/mol. The third-order valence-corrected chi connectivity index (χ3v) is 4.83. The molecule has 0 saturated heterocycles. The van der Waals surface area contributed by atoms with Crippen molar-refractivity contribution in [2.45, 2.75) is 19.2 Å². The molecule has 0 bridgehead atoms. The maximum atomic E-state index is 13.3. The fourth-order valence-corrected chi connectivity index (χ4v) is 3.33. The molecule has 1 atom stereocenters. The van der Waals surface area contributed by atoms with Crippen LogP contribution in [0.4, 0.5) is 4.39 Å². The summed E-state index contributed by atoms with van der Waals surface area (Å²) in [7, 11) is 3.20. The Morgan fingerprint density at radius 2 is 1.48 bits per heavy atom. The van der Waals surface area contributed by atoms with Gasteiger partial charge in [0.2, 0.25) is 0 Å². The van der Waals surface area contributed by atoms with E-state index in [2.05, 4.69) is 4.90 Å². The van der Waals surface area contributed by atoms with E-state index in [1.165, 1.54) is 12.1 Å². The van der Waals surface area contributed by atoms with Crippen LogP contribution < -0.4 is 14.2 Å². The van der Waals surface area contributed by atoms with Crippen molar-refractivity contribution in [2.75, 3.05) is 27.4 Å². The Hall–Kier alpha value is -3.09. The first-order valence-corrected chi connectivity index (χ1v) is 10.1. The first-order chi connectivity index (χ1) is 15.1. The van der Waals surface area contributed by atoms with Crippen molar-refractivity contribution in [3.8, 4) is 17.2 Å². The molecule has 6 heteroatoms. The molecule has 5 nitrogen and oxygen atoms in total. The smallest absolute Gasteiger partial charge is 0.161 e. The SMILES string of the molecule is COc1ccc(CN(Cc2ccc(F)cc2)CC(O)COc2ccccc2)cc1OC. The van der Waals surface area contributed by atoms with Crippen LogP contribution in [-0.2, 0) is 13.1 Å². The molecule has 3 aromatic carbocycles. The normalized spacial score (nSPS) is 11.9. The van der Waals surface area contributed by atoms with Crippen molar-refractivity contribution in [1.82, 2.24) is 4.90 Å². The van der Waals surface area contributed by atoms with E-state index >= 15 is 0 Å². The van der Waals surface area contributed by atoms with E-state index < -0.39 is 6.10 Å². The van der Waals surface area contributed by atoms with Crippen LogP contribution in [0.2, 0.25) is 0 Å². The minimum atomic E-state index is -0.694. The highest BCUT2D eigenvalue weighted by molar-refractivity contribution is 5.42. The molecule has 0 aliphatic heterocycles. The molecular formula is C25H28FNO4. The maximum absolute atomic E-state index is 13.3. The Balaban J connectivity index is 1.70. The molecule has 0 saturated carbocycles. The highest BCUT2D eigenvalue weighted by atomic mass is 19.1. The van der Waals surface area contributed by atoms with Crippen molar-refractivity contribution in [3.63, 3.8) is 0 Å². The third-order valence-electron chi connectivity index (χ3n) is 4.83. The monoisotopic (exact) mass is 425 g/mol. The van der Waals surface area contributed by atoms with Gasteiger partial charge < -0.3 is 19.3 Å². The Labute approximate surface area is 182 Å². The summed E-state index contributed by atoms with van der Waals surface area (Å²) in [4.78, 5) is 2.09. The molecule has 0 spiro atoms. The second-order valence-electron chi connectivity index (χ2n) is 7.26. The molecule has 0 heterocycles. The molecule has 0 radical (unpaired) electrons. The summed E-state index contributed by atoms with van der Waals surface area (Å²) < 4.78 is 29.7. The number of ether oxygens (including phenoxy) is 3. The van der Waals surface area contributed by atoms with E-state index in [9.17, 15) is 9.50 Å². The lowest BCUT2D eigenvalue weighted by molar-refractivity contribution is 0.0628. The van der Waals surface area contributed by atoms with Crippen LogP contribution in [0.1, 0.15) is 11.1 Å². The van der Waals surface area contributed by atoms with Gasteiger partial charge in [0.1, 0.15) is 24.3 Å². The maximum Gasteiger partial charge on any atom is 0.161 e. The summed E-state index contributed by atoms with van der Waals surface area (Å²) in [6, 6.07) is 21.5. The van der Waals surface area contributed by atoms with Crippen LogP contribution in [-0.4, -0.2) is 43.5 Å². The zero-order valence-electron chi connectivity index (χ0n) is 17.8. The highest BCUT2D eigenvalue weighted by Crippen LogP contribution is 2.28. The standard InChI is InChI=1S/C25H28FNO4/c1-29-24-13-10-20(14-25(24)30-2)16-27(15-19-8-11-21(26)12-9-19)17-22(28)18-31-23-6-4-3-5-7-23/h3-14,22,28H,15-18H2,1-2H3. The van der Waals surface area contributed by atoms with Crippen LogP contribution in [0.5, 0.6) is 17.2 Å². The summed E-state index contributed by atoms with van der Waals surface area (Å²) in [5.41, 5.74) is 1.97. The number of hydrogen-bond donors (Lipinski definition) is 1. The number of benzene rings is 3. The van der Waals surface area contributed by atoms with Gasteiger partial charge in [0, 0.05) is 19.6 Å². The predicted molar refractivity (Wildman–Crippen MR) is 118 cm³/mol. The number of nitrogens with zero attached hydrogens (tertiary/aromatic N) is 1. The molecule has 31 heavy (non-hydrogen) atoms. The number of rotatable bonds is 11. The zero-order valence-corrected chi connectivity index (χ0v) is 17.8. The largest absolute Gasteiger partial charge is 0.493 e. The number of aliphatic hydroxyl groups excluding tert-OH is 1. The van der Waals surface area contributed by atoms with Crippen LogP contribution in [0.3, 0.4) is 0 Å². The lowest BCUT2D eigenvalue weighted by Gasteiger charge is -2.26. The van der Waals surface area contributed by atoms with Crippen LogP contribution in [0.15, 0.2) is 72.8 Å². The average Bonchev–Trinajstić information content (AvgIpc) is 2.79. The fraction of sp³-hybridized carbons (Fsp3) is 0.280. The second-order valence-corrected chi connectivity index (χ2v) is 7.26. The summed E-state index contributed by atoms with van der Waals surface area (Å²) in [6.07, 6.45) is -0.694. The Morgan fingerprint density at radius 3 is 2.16 bits per heavy atom. The minimum absolute atomic E-state index is 0.176. The van der Waals surface area contributed by atoms with Gasteiger partial charge in [0.05, 0.1) is 14.2 Å². The Kier molecular flexibility index (Phi) is 8.27. The first-order valence-electron chi connectivity index (χ1n) is 10.1. The van der Waals surface area contributed by atoms with Crippen molar-refractivity contribution in [3.05, 3.63) is 89.7 Å². The Bertz CT molecular complexity index is 934. The van der Waals surface area contributed by atoms with Gasteiger partial charge in [-0.15, -0.1) is 0 Å². The minimum Gasteiger partial charge on any atom is -0.493 e. The topological polar surface area (TPSA) is 51.2 Å². The predicted octanol–water partition coefficient (Wildman–Crippen LogP) is 4.29. The molecule has 1 N–H and O–H groups in total. The third kappa shape index (κ3) is 6.98. The fourth-order valence-electron chi connectivity index (χ4n) is 3.33. The molecule has 1 unspecified atom stereocenters. The molecule has 0 amide bonds. The number of aliphatic hydroxyl groups is 1. The van der Waals surface area contributed by atoms with Gasteiger partial charge in [-0.25, -0.2) is 4.39 Å². The molecule has 3 rings (SSSR count). The van der Waals surface area contributed by atoms with Gasteiger partial charge in [-0.3, -0.25) is 4.90 Å². The summed E-state index contributed by atoms with van der Waals surface area (Å²) >= 11 is 0. The molecule has 0 fully saturated rings. The van der Waals surface area contributed by atoms with Crippen molar-refractivity contribution >= 4 is 0 Å². The van der Waals surface area contributed by atoms with Gasteiger partial charge in [-0.2, -0.15) is 0 Å². The second kappa shape index (κ2) is 11.3. The first kappa shape index (κ1) is 22.6. The molecule has 0 aliphatic carbocycles. The Morgan fingerprint density at radius 1 is 0.839 bits per heavy atom. The zero-order chi connectivity index (χ0) is 22.1. The van der Waals surface area contributed by atoms with Gasteiger partial charge in [0.25, 0.3) is 0 Å². The van der Waals surface area contributed by atoms with Crippen LogP contribution in [0, 0.1) is 5.82 Å². The quantitative estimate of drug-likeness (QED) is 0.497. The lowest BCUT2D eigenvalue weighted by atomic mass is 10.1.